The van der Waals surface area contributed by atoms with Crippen molar-refractivity contribution in [3.63, 3.8) is 0 Å². The number of H-pyrrole nitrogens is 1. The quantitative estimate of drug-likeness (QED) is 0.251. The van der Waals surface area contributed by atoms with Crippen LogP contribution in [0.15, 0.2) is 65.5 Å². The summed E-state index contributed by atoms with van der Waals surface area (Å²) in [4.78, 5) is 11.5. The van der Waals surface area contributed by atoms with Crippen LogP contribution in [0.2, 0.25) is 5.02 Å². The number of aliphatic hydroxyl groups is 1. The van der Waals surface area contributed by atoms with Gasteiger partial charge in [-0.15, -0.1) is 11.8 Å². The molecule has 0 radical (unpaired) electrons. The van der Waals surface area contributed by atoms with Crippen molar-refractivity contribution >= 4 is 45.3 Å². The summed E-state index contributed by atoms with van der Waals surface area (Å²) in [5, 5.41) is 15.9. The summed E-state index contributed by atoms with van der Waals surface area (Å²) in [6, 6.07) is 15.0. The highest BCUT2D eigenvalue weighted by Crippen LogP contribution is 2.43. The van der Waals surface area contributed by atoms with Gasteiger partial charge >= 0.3 is 0 Å². The van der Waals surface area contributed by atoms with Gasteiger partial charge in [0.15, 0.2) is 0 Å². The summed E-state index contributed by atoms with van der Waals surface area (Å²) in [6.07, 6.45) is 7.13. The molecule has 0 saturated heterocycles. The molecule has 1 saturated carbocycles. The summed E-state index contributed by atoms with van der Waals surface area (Å²) in [5.74, 6) is 0.813. The van der Waals surface area contributed by atoms with E-state index in [9.17, 15) is 5.11 Å². The molecule has 6 nitrogen and oxygen atoms in total. The maximum Gasteiger partial charge on any atom is 0.143 e. The Bertz CT molecular complexity index is 1420. The van der Waals surface area contributed by atoms with E-state index >= 15 is 0 Å². The number of aromatic amines is 1. The molecule has 2 aromatic carbocycles. The van der Waals surface area contributed by atoms with Crippen LogP contribution in [0.1, 0.15) is 19.3 Å². The van der Waals surface area contributed by atoms with Gasteiger partial charge in [0.1, 0.15) is 11.4 Å². The lowest BCUT2D eigenvalue weighted by molar-refractivity contribution is 0.281. The minimum absolute atomic E-state index is 0.0396. The van der Waals surface area contributed by atoms with Gasteiger partial charge in [-0.2, -0.15) is 0 Å². The molecule has 1 aliphatic carbocycles. The molecule has 2 aliphatic rings. The standard InChI is InChI=1S/C27H27ClN4O2S/c28-18-12-23-25-22(17-3-1-4-21(11-17)35-20-5-6-20)7-8-24(26(25)31-27(23)29-13-18)34-10-2-9-32-14-19(15-33)30-16-32/h1,3-4,7-8,11-14,20,30,33H,2,5-6,9-10,15-16H2,(H,29,31). The molecule has 0 bridgehead atoms. The monoisotopic (exact) mass is 506 g/mol. The van der Waals surface area contributed by atoms with Gasteiger partial charge in [-0.1, -0.05) is 23.7 Å². The lowest BCUT2D eigenvalue weighted by Gasteiger charge is -2.15. The first-order valence-corrected chi connectivity index (χ1v) is 13.2. The molecule has 1 aliphatic heterocycles. The number of pyridine rings is 1. The average Bonchev–Trinajstić information content (AvgIpc) is 3.42. The molecule has 6 rings (SSSR count). The molecule has 180 valence electrons. The highest BCUT2D eigenvalue weighted by atomic mass is 35.5. The third kappa shape index (κ3) is 4.81. The van der Waals surface area contributed by atoms with Crippen LogP contribution in [0.3, 0.4) is 0 Å². The average molecular weight is 507 g/mol. The Balaban J connectivity index is 1.30. The van der Waals surface area contributed by atoms with E-state index in [1.54, 1.807) is 6.20 Å². The summed E-state index contributed by atoms with van der Waals surface area (Å²) in [6.45, 7) is 2.21. The Labute approximate surface area is 213 Å². The van der Waals surface area contributed by atoms with E-state index in [0.29, 0.717) is 11.6 Å². The molecule has 35 heavy (non-hydrogen) atoms. The minimum atomic E-state index is 0.0396. The van der Waals surface area contributed by atoms with Crippen molar-refractivity contribution in [2.24, 2.45) is 0 Å². The summed E-state index contributed by atoms with van der Waals surface area (Å²) >= 11 is 8.32. The number of aromatic nitrogens is 2. The van der Waals surface area contributed by atoms with Gasteiger partial charge in [0.2, 0.25) is 0 Å². The van der Waals surface area contributed by atoms with Gasteiger partial charge < -0.3 is 25.0 Å². The Kier molecular flexibility index (Phi) is 6.22. The summed E-state index contributed by atoms with van der Waals surface area (Å²) in [7, 11) is 0. The van der Waals surface area contributed by atoms with Crippen molar-refractivity contribution in [3.8, 4) is 16.9 Å². The molecule has 0 spiro atoms. The van der Waals surface area contributed by atoms with Crippen molar-refractivity contribution in [1.82, 2.24) is 20.2 Å². The van der Waals surface area contributed by atoms with E-state index < -0.39 is 0 Å². The fraction of sp³-hybridized carbons (Fsp3) is 0.296. The fourth-order valence-electron chi connectivity index (χ4n) is 4.52. The molecule has 1 fully saturated rings. The molecular formula is C27H27ClN4O2S. The maximum absolute atomic E-state index is 9.24. The number of aliphatic hydroxyl groups excluding tert-OH is 1. The van der Waals surface area contributed by atoms with E-state index in [2.05, 4.69) is 56.6 Å². The predicted molar refractivity (Wildman–Crippen MR) is 143 cm³/mol. The fourth-order valence-corrected chi connectivity index (χ4v) is 5.78. The zero-order chi connectivity index (χ0) is 23.8. The largest absolute Gasteiger partial charge is 0.491 e. The minimum Gasteiger partial charge on any atom is -0.491 e. The molecular weight excluding hydrogens is 480 g/mol. The van der Waals surface area contributed by atoms with E-state index in [0.717, 1.165) is 63.8 Å². The predicted octanol–water partition coefficient (Wildman–Crippen LogP) is 5.76. The number of nitrogens with zero attached hydrogens (tertiary/aromatic N) is 2. The number of hydrogen-bond donors (Lipinski definition) is 3. The molecule has 3 heterocycles. The Morgan fingerprint density at radius 2 is 2.11 bits per heavy atom. The molecule has 0 amide bonds. The topological polar surface area (TPSA) is 73.4 Å². The second-order valence-corrected chi connectivity index (χ2v) is 10.9. The van der Waals surface area contributed by atoms with Crippen LogP contribution in [-0.2, 0) is 0 Å². The van der Waals surface area contributed by atoms with Crippen molar-refractivity contribution in [2.75, 3.05) is 26.4 Å². The molecule has 0 atom stereocenters. The highest BCUT2D eigenvalue weighted by Gasteiger charge is 2.23. The summed E-state index contributed by atoms with van der Waals surface area (Å²) in [5.41, 5.74) is 4.92. The van der Waals surface area contributed by atoms with Crippen molar-refractivity contribution < 1.29 is 9.84 Å². The van der Waals surface area contributed by atoms with Crippen molar-refractivity contribution in [1.29, 1.82) is 0 Å². The zero-order valence-corrected chi connectivity index (χ0v) is 20.8. The number of hydrogen-bond acceptors (Lipinski definition) is 6. The molecule has 0 unspecified atom stereocenters. The number of rotatable bonds is 9. The van der Waals surface area contributed by atoms with Crippen LogP contribution >= 0.6 is 23.4 Å². The van der Waals surface area contributed by atoms with Gasteiger partial charge in [-0.3, -0.25) is 0 Å². The van der Waals surface area contributed by atoms with Crippen molar-refractivity contribution in [3.05, 3.63) is 65.6 Å². The molecule has 4 aromatic rings. The lowest BCUT2D eigenvalue weighted by atomic mass is 9.99. The van der Waals surface area contributed by atoms with E-state index in [4.69, 9.17) is 16.3 Å². The van der Waals surface area contributed by atoms with Crippen molar-refractivity contribution in [2.45, 2.75) is 29.4 Å². The smallest absolute Gasteiger partial charge is 0.143 e. The van der Waals surface area contributed by atoms with Gasteiger partial charge in [0.05, 0.1) is 36.1 Å². The maximum atomic E-state index is 9.24. The SMILES string of the molecule is OCC1=CN(CCCOc2ccc(-c3cccc(SC4CC4)c3)c3c2[nH]c2ncc(Cl)cc23)CN1. The first kappa shape index (κ1) is 22.6. The van der Waals surface area contributed by atoms with Gasteiger partial charge in [0, 0.05) is 39.9 Å². The third-order valence-corrected chi connectivity index (χ3v) is 7.91. The normalized spacial score (nSPS) is 15.6. The number of halogens is 1. The van der Waals surface area contributed by atoms with Gasteiger partial charge in [0.25, 0.3) is 0 Å². The van der Waals surface area contributed by atoms with Crippen LogP contribution in [0, 0.1) is 0 Å². The summed E-state index contributed by atoms with van der Waals surface area (Å²) < 4.78 is 6.25. The van der Waals surface area contributed by atoms with Gasteiger partial charge in [-0.05, 0) is 60.7 Å². The zero-order valence-electron chi connectivity index (χ0n) is 19.3. The number of nitrogens with one attached hydrogen (secondary N) is 2. The second-order valence-electron chi connectivity index (χ2n) is 9.04. The Morgan fingerprint density at radius 3 is 2.94 bits per heavy atom. The second kappa shape index (κ2) is 9.64. The number of thioether (sulfide) groups is 1. The molecule has 8 heteroatoms. The Morgan fingerprint density at radius 1 is 1.20 bits per heavy atom. The van der Waals surface area contributed by atoms with E-state index in [-0.39, 0.29) is 6.61 Å². The first-order chi connectivity index (χ1) is 17.2. The Hall–Kier alpha value is -2.87. The number of ether oxygens (including phenoxy) is 1. The van der Waals surface area contributed by atoms with E-state index in [1.807, 2.05) is 24.0 Å². The number of benzene rings is 2. The van der Waals surface area contributed by atoms with Crippen LogP contribution in [0.5, 0.6) is 5.75 Å². The van der Waals surface area contributed by atoms with Crippen LogP contribution in [0.4, 0.5) is 0 Å². The number of fused-ring (bicyclic) bond motifs is 3. The van der Waals surface area contributed by atoms with Gasteiger partial charge in [-0.25, -0.2) is 4.98 Å². The van der Waals surface area contributed by atoms with Crippen LogP contribution < -0.4 is 10.1 Å². The van der Waals surface area contributed by atoms with Crippen LogP contribution in [-0.4, -0.2) is 51.7 Å². The van der Waals surface area contributed by atoms with E-state index in [1.165, 1.54) is 23.3 Å². The molecule has 3 N–H and O–H groups in total. The lowest BCUT2D eigenvalue weighted by Crippen LogP contribution is -2.23. The third-order valence-electron chi connectivity index (χ3n) is 6.37. The highest BCUT2D eigenvalue weighted by molar-refractivity contribution is 8.00. The first-order valence-electron chi connectivity index (χ1n) is 12.0. The van der Waals surface area contributed by atoms with Crippen LogP contribution in [0.25, 0.3) is 33.1 Å². The molecule has 2 aromatic heterocycles.